The van der Waals surface area contributed by atoms with E-state index in [4.69, 9.17) is 0 Å². The standard InChI is InChI=1S/C31H43NOP.HI/c1-4-7-23-32(24-8-5-2,25-9-6-3)27-28-17-16-22-31(26-28)34(33,29-18-12-10-13-19-29)30-20-14-11-15-21-30;/h10-22,26H,4-9,23-25,27H2,1-3H3;1H/q+1;/p-1. The average molecular weight is 604 g/mol. The van der Waals surface area contributed by atoms with Gasteiger partial charge in [0.1, 0.15) is 6.54 Å². The van der Waals surface area contributed by atoms with Gasteiger partial charge in [0, 0.05) is 21.5 Å². The second-order valence-corrected chi connectivity index (χ2v) is 12.4. The van der Waals surface area contributed by atoms with Gasteiger partial charge in [-0.1, -0.05) is 119 Å². The molecule has 0 atom stereocenters. The molecule has 0 bridgehead atoms. The number of quaternary nitrogens is 1. The van der Waals surface area contributed by atoms with Gasteiger partial charge in [-0.15, -0.1) is 0 Å². The predicted octanol–water partition coefficient (Wildman–Crippen LogP) is 4.05. The summed E-state index contributed by atoms with van der Waals surface area (Å²) in [6.07, 6.45) is 7.49. The van der Waals surface area contributed by atoms with Gasteiger partial charge in [0.2, 0.25) is 0 Å². The van der Waals surface area contributed by atoms with Crippen LogP contribution in [-0.2, 0) is 11.1 Å². The van der Waals surface area contributed by atoms with Crippen LogP contribution in [0.15, 0.2) is 84.9 Å². The molecule has 0 amide bonds. The van der Waals surface area contributed by atoms with Crippen LogP contribution in [0.5, 0.6) is 0 Å². The first kappa shape index (κ1) is 29.8. The zero-order valence-corrected chi connectivity index (χ0v) is 24.9. The summed E-state index contributed by atoms with van der Waals surface area (Å²) < 4.78 is 16.0. The Morgan fingerprint density at radius 3 is 1.46 bits per heavy atom. The van der Waals surface area contributed by atoms with E-state index in [0.29, 0.717) is 0 Å². The van der Waals surface area contributed by atoms with Crippen LogP contribution in [0.1, 0.15) is 64.9 Å². The van der Waals surface area contributed by atoms with Crippen molar-refractivity contribution in [1.82, 2.24) is 0 Å². The predicted molar refractivity (Wildman–Crippen MR) is 149 cm³/mol. The SMILES string of the molecule is CCCC[N+](CCCC)(CCCC)Cc1cccc(P(=O)(c2ccccc2)c2ccccc2)c1.[I-]. The van der Waals surface area contributed by atoms with E-state index in [9.17, 15) is 4.57 Å². The average Bonchev–Trinajstić information content (AvgIpc) is 2.90. The first-order chi connectivity index (χ1) is 16.6. The van der Waals surface area contributed by atoms with Crippen molar-refractivity contribution in [2.24, 2.45) is 0 Å². The van der Waals surface area contributed by atoms with Crippen molar-refractivity contribution < 1.29 is 33.0 Å². The van der Waals surface area contributed by atoms with Crippen molar-refractivity contribution in [2.45, 2.75) is 65.8 Å². The molecule has 3 aromatic rings. The van der Waals surface area contributed by atoms with Crippen molar-refractivity contribution in [3.05, 3.63) is 90.5 Å². The maximum Gasteiger partial charge on any atom is 0.171 e. The van der Waals surface area contributed by atoms with E-state index in [1.165, 1.54) is 63.7 Å². The van der Waals surface area contributed by atoms with E-state index < -0.39 is 7.14 Å². The second kappa shape index (κ2) is 15.0. The second-order valence-electron chi connectivity index (χ2n) is 9.68. The third kappa shape index (κ3) is 7.78. The first-order valence-electron chi connectivity index (χ1n) is 13.2. The molecular weight excluding hydrogens is 560 g/mol. The summed E-state index contributed by atoms with van der Waals surface area (Å²) in [6, 6.07) is 28.7. The van der Waals surface area contributed by atoms with E-state index in [-0.39, 0.29) is 24.0 Å². The van der Waals surface area contributed by atoms with Crippen LogP contribution < -0.4 is 39.9 Å². The van der Waals surface area contributed by atoms with Crippen LogP contribution in [0.25, 0.3) is 0 Å². The van der Waals surface area contributed by atoms with Gasteiger partial charge in [-0.3, -0.25) is 0 Å². The third-order valence-electron chi connectivity index (χ3n) is 6.99. The summed E-state index contributed by atoms with van der Waals surface area (Å²) in [5.74, 6) is 0. The van der Waals surface area contributed by atoms with Gasteiger partial charge in [-0.05, 0) is 25.3 Å². The van der Waals surface area contributed by atoms with Gasteiger partial charge in [-0.2, -0.15) is 0 Å². The maximum atomic E-state index is 14.8. The maximum absolute atomic E-state index is 14.8. The number of hydrogen-bond donors (Lipinski definition) is 0. The van der Waals surface area contributed by atoms with Crippen LogP contribution in [0.3, 0.4) is 0 Å². The van der Waals surface area contributed by atoms with Gasteiger partial charge in [0.25, 0.3) is 0 Å². The minimum Gasteiger partial charge on any atom is -1.00 e. The van der Waals surface area contributed by atoms with Crippen molar-refractivity contribution >= 4 is 23.1 Å². The molecule has 3 rings (SSSR count). The molecule has 0 aliphatic rings. The van der Waals surface area contributed by atoms with E-state index in [0.717, 1.165) is 26.9 Å². The monoisotopic (exact) mass is 603 g/mol. The lowest BCUT2D eigenvalue weighted by molar-refractivity contribution is -0.941. The van der Waals surface area contributed by atoms with Gasteiger partial charge in [-0.25, -0.2) is 0 Å². The fraction of sp³-hybridized carbons (Fsp3) is 0.419. The molecule has 0 saturated carbocycles. The van der Waals surface area contributed by atoms with Gasteiger partial charge >= 0.3 is 0 Å². The van der Waals surface area contributed by atoms with Crippen molar-refractivity contribution in [3.8, 4) is 0 Å². The van der Waals surface area contributed by atoms with Crippen LogP contribution in [-0.4, -0.2) is 24.1 Å². The van der Waals surface area contributed by atoms with Crippen LogP contribution in [0.4, 0.5) is 0 Å². The highest BCUT2D eigenvalue weighted by Gasteiger charge is 2.31. The Balaban J connectivity index is 0.00000432. The van der Waals surface area contributed by atoms with Gasteiger partial charge in [0.05, 0.1) is 19.6 Å². The Morgan fingerprint density at radius 1 is 0.600 bits per heavy atom. The lowest BCUT2D eigenvalue weighted by Crippen LogP contribution is -3.00. The fourth-order valence-corrected chi connectivity index (χ4v) is 7.74. The zero-order chi connectivity index (χ0) is 24.3. The Morgan fingerprint density at radius 2 is 1.03 bits per heavy atom. The number of hydrogen-bond acceptors (Lipinski definition) is 1. The minimum absolute atomic E-state index is 0. The molecule has 4 heteroatoms. The third-order valence-corrected chi connectivity index (χ3v) is 10.0. The molecular formula is C31H43INOP. The lowest BCUT2D eigenvalue weighted by Gasteiger charge is -2.39. The molecule has 3 aromatic carbocycles. The highest BCUT2D eigenvalue weighted by molar-refractivity contribution is 7.85. The summed E-state index contributed by atoms with van der Waals surface area (Å²) >= 11 is 0. The van der Waals surface area contributed by atoms with E-state index in [2.05, 4.69) is 45.0 Å². The molecule has 0 spiro atoms. The lowest BCUT2D eigenvalue weighted by atomic mass is 10.1. The van der Waals surface area contributed by atoms with Crippen LogP contribution in [0.2, 0.25) is 0 Å². The molecule has 0 aliphatic heterocycles. The number of unbranched alkanes of at least 4 members (excludes halogenated alkanes) is 3. The summed E-state index contributed by atoms with van der Waals surface area (Å²) in [4.78, 5) is 0. The molecule has 35 heavy (non-hydrogen) atoms. The Kier molecular flexibility index (Phi) is 12.8. The summed E-state index contributed by atoms with van der Waals surface area (Å²) in [5.41, 5.74) is 1.31. The number of benzene rings is 3. The van der Waals surface area contributed by atoms with Gasteiger partial charge in [0.15, 0.2) is 7.14 Å². The van der Waals surface area contributed by atoms with Crippen molar-refractivity contribution in [2.75, 3.05) is 19.6 Å². The van der Waals surface area contributed by atoms with E-state index in [1.54, 1.807) is 0 Å². The summed E-state index contributed by atoms with van der Waals surface area (Å²) in [6.45, 7) is 11.6. The van der Waals surface area contributed by atoms with E-state index in [1.807, 2.05) is 60.7 Å². The topological polar surface area (TPSA) is 17.1 Å². The zero-order valence-electron chi connectivity index (χ0n) is 21.8. The molecule has 0 radical (unpaired) electrons. The highest BCUT2D eigenvalue weighted by atomic mass is 127. The highest BCUT2D eigenvalue weighted by Crippen LogP contribution is 2.42. The minimum atomic E-state index is -2.94. The molecule has 2 nitrogen and oxygen atoms in total. The van der Waals surface area contributed by atoms with Crippen molar-refractivity contribution in [3.63, 3.8) is 0 Å². The molecule has 0 fully saturated rings. The van der Waals surface area contributed by atoms with Gasteiger partial charge < -0.3 is 33.0 Å². The largest absolute Gasteiger partial charge is 1.00 e. The molecule has 0 aromatic heterocycles. The quantitative estimate of drug-likeness (QED) is 0.155. The molecule has 0 unspecified atom stereocenters. The Bertz CT molecular complexity index is 973. The van der Waals surface area contributed by atoms with Crippen molar-refractivity contribution in [1.29, 1.82) is 0 Å². The molecule has 0 N–H and O–H groups in total. The normalized spacial score (nSPS) is 11.7. The summed E-state index contributed by atoms with van der Waals surface area (Å²) in [5, 5.41) is 2.76. The molecule has 0 aliphatic carbocycles. The smallest absolute Gasteiger partial charge is 0.171 e. The number of halogens is 1. The van der Waals surface area contributed by atoms with Crippen LogP contribution >= 0.6 is 7.14 Å². The number of rotatable bonds is 14. The van der Waals surface area contributed by atoms with Crippen LogP contribution in [0, 0.1) is 0 Å². The summed E-state index contributed by atoms with van der Waals surface area (Å²) in [7, 11) is -2.94. The fourth-order valence-electron chi connectivity index (χ4n) is 5.01. The number of nitrogens with zero attached hydrogens (tertiary/aromatic N) is 1. The Labute approximate surface area is 231 Å². The Hall–Kier alpha value is -1.42. The molecule has 0 heterocycles. The first-order valence-corrected chi connectivity index (χ1v) is 14.9. The molecule has 190 valence electrons. The van der Waals surface area contributed by atoms with E-state index >= 15 is 0 Å². The molecule has 0 saturated heterocycles.